The molecule has 1 aliphatic rings. The third-order valence-electron chi connectivity index (χ3n) is 4.86. The van der Waals surface area contributed by atoms with Crippen LogP contribution in [0, 0.1) is 0 Å². The van der Waals surface area contributed by atoms with Gasteiger partial charge < -0.3 is 19.6 Å². The summed E-state index contributed by atoms with van der Waals surface area (Å²) in [6.07, 6.45) is -1.21. The molecular formula is C22H24N2O5. The molecule has 2 N–H and O–H groups in total. The van der Waals surface area contributed by atoms with Gasteiger partial charge in [-0.3, -0.25) is 9.69 Å². The van der Waals surface area contributed by atoms with Crippen LogP contribution < -0.4 is 5.32 Å². The molecule has 152 valence electrons. The molecule has 0 saturated carbocycles. The van der Waals surface area contributed by atoms with Crippen molar-refractivity contribution in [1.82, 2.24) is 4.90 Å². The van der Waals surface area contributed by atoms with Gasteiger partial charge in [0.15, 0.2) is 0 Å². The average Bonchev–Trinajstić information content (AvgIpc) is 3.20. The quantitative estimate of drug-likeness (QED) is 0.686. The van der Waals surface area contributed by atoms with Gasteiger partial charge >= 0.3 is 6.09 Å². The standard InChI is InChI=1S/C22H24N2O5/c1-22(2,3)29-21(27)24-12-14(25)11-17(24)20(26)23-13-8-9-16-15-6-4-5-7-18(15)28-19(16)10-13/h4-10,14,17,25H,11-12H2,1-3H3,(H,23,26)/t14-,17-/m0/s1. The summed E-state index contributed by atoms with van der Waals surface area (Å²) in [5, 5.41) is 14.8. The lowest BCUT2D eigenvalue weighted by Gasteiger charge is -2.27. The maximum atomic E-state index is 12.8. The number of fused-ring (bicyclic) bond motifs is 3. The number of anilines is 1. The molecule has 0 unspecified atom stereocenters. The number of amides is 2. The summed E-state index contributed by atoms with van der Waals surface area (Å²) in [6.45, 7) is 5.34. The van der Waals surface area contributed by atoms with Gasteiger partial charge in [0.2, 0.25) is 5.91 Å². The van der Waals surface area contributed by atoms with Crippen LogP contribution in [0.3, 0.4) is 0 Å². The molecule has 1 fully saturated rings. The van der Waals surface area contributed by atoms with Crippen molar-refractivity contribution in [3.63, 3.8) is 0 Å². The number of benzene rings is 2. The van der Waals surface area contributed by atoms with E-state index in [2.05, 4.69) is 5.32 Å². The van der Waals surface area contributed by atoms with E-state index in [0.29, 0.717) is 11.3 Å². The van der Waals surface area contributed by atoms with Crippen LogP contribution in [0.5, 0.6) is 0 Å². The molecule has 1 saturated heterocycles. The van der Waals surface area contributed by atoms with Crippen molar-refractivity contribution in [2.45, 2.75) is 44.9 Å². The summed E-state index contributed by atoms with van der Waals surface area (Å²) < 4.78 is 11.2. The topological polar surface area (TPSA) is 92.0 Å². The van der Waals surface area contributed by atoms with E-state index in [9.17, 15) is 14.7 Å². The lowest BCUT2D eigenvalue weighted by molar-refractivity contribution is -0.120. The molecule has 7 heteroatoms. The van der Waals surface area contributed by atoms with E-state index in [4.69, 9.17) is 9.15 Å². The van der Waals surface area contributed by atoms with Gasteiger partial charge in [-0.15, -0.1) is 0 Å². The molecular weight excluding hydrogens is 372 g/mol. The minimum atomic E-state index is -0.800. The summed E-state index contributed by atoms with van der Waals surface area (Å²) in [5.74, 6) is -0.372. The Morgan fingerprint density at radius 2 is 1.86 bits per heavy atom. The van der Waals surface area contributed by atoms with Crippen LogP contribution in [0.25, 0.3) is 21.9 Å². The Hall–Kier alpha value is -3.06. The fourth-order valence-corrected chi connectivity index (χ4v) is 3.61. The summed E-state index contributed by atoms with van der Waals surface area (Å²) in [4.78, 5) is 26.6. The molecule has 2 amide bonds. The van der Waals surface area contributed by atoms with Gasteiger partial charge in [0, 0.05) is 28.9 Å². The van der Waals surface area contributed by atoms with E-state index < -0.39 is 23.8 Å². The van der Waals surface area contributed by atoms with E-state index in [0.717, 1.165) is 16.4 Å². The second kappa shape index (κ2) is 7.08. The number of hydrogen-bond acceptors (Lipinski definition) is 5. The Morgan fingerprint density at radius 1 is 1.14 bits per heavy atom. The minimum absolute atomic E-state index is 0.0651. The zero-order chi connectivity index (χ0) is 20.8. The van der Waals surface area contributed by atoms with Crippen molar-refractivity contribution in [3.05, 3.63) is 42.5 Å². The minimum Gasteiger partial charge on any atom is -0.456 e. The molecule has 2 atom stereocenters. The number of ether oxygens (including phenoxy) is 1. The largest absolute Gasteiger partial charge is 0.456 e. The molecule has 0 bridgehead atoms. The molecule has 29 heavy (non-hydrogen) atoms. The number of nitrogens with one attached hydrogen (secondary N) is 1. The van der Waals surface area contributed by atoms with Gasteiger partial charge in [0.05, 0.1) is 12.6 Å². The number of para-hydroxylation sites is 1. The highest BCUT2D eigenvalue weighted by molar-refractivity contribution is 6.06. The molecule has 0 spiro atoms. The first-order chi connectivity index (χ1) is 13.7. The number of nitrogens with zero attached hydrogens (tertiary/aromatic N) is 1. The van der Waals surface area contributed by atoms with Gasteiger partial charge in [-0.2, -0.15) is 0 Å². The van der Waals surface area contributed by atoms with E-state index in [1.807, 2.05) is 30.3 Å². The summed E-state index contributed by atoms with van der Waals surface area (Å²) in [6, 6.07) is 12.4. The third-order valence-corrected chi connectivity index (χ3v) is 4.86. The van der Waals surface area contributed by atoms with Crippen LogP contribution in [0.1, 0.15) is 27.2 Å². The highest BCUT2D eigenvalue weighted by Gasteiger charge is 2.40. The van der Waals surface area contributed by atoms with E-state index in [-0.39, 0.29) is 18.9 Å². The van der Waals surface area contributed by atoms with Crippen LogP contribution in [0.4, 0.5) is 10.5 Å². The fraction of sp³-hybridized carbons (Fsp3) is 0.364. The number of aliphatic hydroxyl groups excluding tert-OH is 1. The van der Waals surface area contributed by atoms with Crippen LogP contribution in [0.15, 0.2) is 46.9 Å². The van der Waals surface area contributed by atoms with Gasteiger partial charge in [-0.05, 0) is 39.0 Å². The maximum Gasteiger partial charge on any atom is 0.411 e. The van der Waals surface area contributed by atoms with Crippen molar-refractivity contribution in [1.29, 1.82) is 0 Å². The first kappa shape index (κ1) is 19.3. The lowest BCUT2D eigenvalue weighted by Crippen LogP contribution is -2.45. The number of rotatable bonds is 2. The first-order valence-electron chi connectivity index (χ1n) is 9.61. The molecule has 0 aliphatic carbocycles. The van der Waals surface area contributed by atoms with Crippen molar-refractivity contribution in [2.24, 2.45) is 0 Å². The average molecular weight is 396 g/mol. The number of likely N-dealkylation sites (tertiary alicyclic amines) is 1. The van der Waals surface area contributed by atoms with Crippen LogP contribution in [-0.2, 0) is 9.53 Å². The SMILES string of the molecule is CC(C)(C)OC(=O)N1C[C@@H](O)C[C@H]1C(=O)Nc1ccc2c(c1)oc1ccccc12. The molecule has 2 heterocycles. The Bertz CT molecular complexity index is 1080. The van der Waals surface area contributed by atoms with Gasteiger partial charge in [0.1, 0.15) is 22.8 Å². The summed E-state index contributed by atoms with van der Waals surface area (Å²) >= 11 is 0. The number of aliphatic hydroxyl groups is 1. The third kappa shape index (κ3) is 3.91. The Kier molecular flexibility index (Phi) is 4.70. The predicted octanol–water partition coefficient (Wildman–Crippen LogP) is 3.89. The first-order valence-corrected chi connectivity index (χ1v) is 9.61. The number of β-amino-alcohol motifs (C(OH)–C–C–N with tert-alkyl or cyclic N) is 1. The van der Waals surface area contributed by atoms with E-state index in [1.165, 1.54) is 4.90 Å². The van der Waals surface area contributed by atoms with Crippen LogP contribution >= 0.6 is 0 Å². The zero-order valence-electron chi connectivity index (χ0n) is 16.6. The van der Waals surface area contributed by atoms with Crippen molar-refractivity contribution < 1.29 is 23.8 Å². The molecule has 7 nitrogen and oxygen atoms in total. The smallest absolute Gasteiger partial charge is 0.411 e. The zero-order valence-corrected chi connectivity index (χ0v) is 16.6. The van der Waals surface area contributed by atoms with Crippen molar-refractivity contribution in [3.8, 4) is 0 Å². The lowest BCUT2D eigenvalue weighted by atomic mass is 10.1. The highest BCUT2D eigenvalue weighted by Crippen LogP contribution is 2.31. The predicted molar refractivity (Wildman–Crippen MR) is 110 cm³/mol. The van der Waals surface area contributed by atoms with E-state index in [1.54, 1.807) is 32.9 Å². The fourth-order valence-electron chi connectivity index (χ4n) is 3.61. The maximum absolute atomic E-state index is 12.8. The molecule has 3 aromatic rings. The number of carbonyl (C=O) groups is 2. The summed E-state index contributed by atoms with van der Waals surface area (Å²) in [7, 11) is 0. The van der Waals surface area contributed by atoms with Gasteiger partial charge in [-0.1, -0.05) is 18.2 Å². The monoisotopic (exact) mass is 396 g/mol. The van der Waals surface area contributed by atoms with Crippen molar-refractivity contribution in [2.75, 3.05) is 11.9 Å². The molecule has 4 rings (SSSR count). The number of carbonyl (C=O) groups excluding carboxylic acids is 2. The van der Waals surface area contributed by atoms with Gasteiger partial charge in [0.25, 0.3) is 0 Å². The van der Waals surface area contributed by atoms with Crippen LogP contribution in [0.2, 0.25) is 0 Å². The number of furan rings is 1. The number of hydrogen-bond donors (Lipinski definition) is 2. The summed E-state index contributed by atoms with van der Waals surface area (Å²) in [5.41, 5.74) is 1.32. The van der Waals surface area contributed by atoms with E-state index >= 15 is 0 Å². The van der Waals surface area contributed by atoms with Crippen LogP contribution in [-0.4, -0.2) is 46.3 Å². The van der Waals surface area contributed by atoms with Crippen molar-refractivity contribution >= 4 is 39.6 Å². The molecule has 1 aliphatic heterocycles. The Morgan fingerprint density at radius 3 is 2.62 bits per heavy atom. The normalized spacial score (nSPS) is 19.7. The second-order valence-corrected chi connectivity index (χ2v) is 8.34. The molecule has 0 radical (unpaired) electrons. The second-order valence-electron chi connectivity index (χ2n) is 8.34. The molecule has 1 aromatic heterocycles. The Balaban J connectivity index is 1.54. The van der Waals surface area contributed by atoms with Gasteiger partial charge in [-0.25, -0.2) is 4.79 Å². The Labute approximate surface area is 168 Å². The highest BCUT2D eigenvalue weighted by atomic mass is 16.6. The molecule has 2 aromatic carbocycles.